The van der Waals surface area contributed by atoms with Crippen molar-refractivity contribution in [2.45, 2.75) is 12.5 Å². The lowest BCUT2D eigenvalue weighted by atomic mass is 9.97. The summed E-state index contributed by atoms with van der Waals surface area (Å²) in [5.74, 6) is 0.480. The molecule has 2 heterocycles. The van der Waals surface area contributed by atoms with Gasteiger partial charge in [0.25, 0.3) is 0 Å². The van der Waals surface area contributed by atoms with Crippen molar-refractivity contribution in [3.8, 4) is 11.5 Å². The van der Waals surface area contributed by atoms with Crippen LogP contribution in [0.5, 0.6) is 11.5 Å². The Morgan fingerprint density at radius 3 is 2.89 bits per heavy atom. The summed E-state index contributed by atoms with van der Waals surface area (Å²) in [6, 6.07) is 7.97. The molecular formula is C14H10ClNO3. The van der Waals surface area contributed by atoms with Crippen molar-refractivity contribution >= 4 is 17.4 Å². The van der Waals surface area contributed by atoms with Gasteiger partial charge in [-0.25, -0.2) is 4.98 Å². The molecule has 3 rings (SSSR count). The lowest BCUT2D eigenvalue weighted by Crippen LogP contribution is -2.20. The molecule has 0 unspecified atom stereocenters. The molecule has 96 valence electrons. The van der Waals surface area contributed by atoms with Gasteiger partial charge in [-0.1, -0.05) is 17.7 Å². The number of hydrogen-bond acceptors (Lipinski definition) is 4. The van der Waals surface area contributed by atoms with Crippen LogP contribution in [0.2, 0.25) is 5.15 Å². The van der Waals surface area contributed by atoms with Gasteiger partial charge in [-0.05, 0) is 24.3 Å². The fourth-order valence-corrected chi connectivity index (χ4v) is 2.19. The number of rotatable bonds is 1. The summed E-state index contributed by atoms with van der Waals surface area (Å²) in [5, 5.41) is 9.79. The second-order valence-corrected chi connectivity index (χ2v) is 4.72. The van der Waals surface area contributed by atoms with Crippen molar-refractivity contribution in [1.82, 2.24) is 4.98 Å². The first-order valence-corrected chi connectivity index (χ1v) is 6.15. The van der Waals surface area contributed by atoms with Crippen LogP contribution in [0.3, 0.4) is 0 Å². The minimum Gasteiger partial charge on any atom is -0.508 e. The molecular weight excluding hydrogens is 266 g/mol. The van der Waals surface area contributed by atoms with Crippen LogP contribution in [0, 0.1) is 0 Å². The molecule has 1 aliphatic rings. The van der Waals surface area contributed by atoms with Gasteiger partial charge in [0, 0.05) is 11.8 Å². The summed E-state index contributed by atoms with van der Waals surface area (Å²) in [7, 11) is 0. The highest BCUT2D eigenvalue weighted by atomic mass is 35.5. The van der Waals surface area contributed by atoms with Gasteiger partial charge < -0.3 is 9.84 Å². The van der Waals surface area contributed by atoms with Gasteiger partial charge in [0.2, 0.25) is 0 Å². The number of ketones is 1. The molecule has 1 atom stereocenters. The number of benzene rings is 1. The number of phenolic OH excluding ortho intramolecular Hbond substituents is 1. The number of fused-ring (bicyclic) bond motifs is 1. The lowest BCUT2D eigenvalue weighted by Gasteiger charge is -2.25. The van der Waals surface area contributed by atoms with E-state index in [2.05, 4.69) is 4.98 Å². The summed E-state index contributed by atoms with van der Waals surface area (Å²) in [6.45, 7) is 0. The highest BCUT2D eigenvalue weighted by Crippen LogP contribution is 2.36. The molecule has 2 aromatic rings. The third-order valence-corrected chi connectivity index (χ3v) is 3.25. The van der Waals surface area contributed by atoms with E-state index in [4.69, 9.17) is 16.3 Å². The second kappa shape index (κ2) is 4.55. The van der Waals surface area contributed by atoms with E-state index in [0.29, 0.717) is 16.5 Å². The number of nitrogens with zero attached hydrogens (tertiary/aromatic N) is 1. The number of carbonyl (C=O) groups excluding carboxylic acids is 1. The number of ether oxygens (including phenoxy) is 1. The van der Waals surface area contributed by atoms with E-state index in [0.717, 1.165) is 5.56 Å². The van der Waals surface area contributed by atoms with Crippen LogP contribution < -0.4 is 4.74 Å². The maximum Gasteiger partial charge on any atom is 0.170 e. The molecule has 0 amide bonds. The van der Waals surface area contributed by atoms with Crippen molar-refractivity contribution in [2.24, 2.45) is 0 Å². The van der Waals surface area contributed by atoms with Gasteiger partial charge in [-0.15, -0.1) is 0 Å². The average Bonchev–Trinajstić information content (AvgIpc) is 2.40. The minimum atomic E-state index is -0.366. The highest BCUT2D eigenvalue weighted by molar-refractivity contribution is 6.29. The molecule has 0 saturated carbocycles. The van der Waals surface area contributed by atoms with E-state index < -0.39 is 0 Å². The van der Waals surface area contributed by atoms with Gasteiger partial charge >= 0.3 is 0 Å². The second-order valence-electron chi connectivity index (χ2n) is 4.33. The molecule has 0 radical (unpaired) electrons. The Hall–Kier alpha value is -2.07. The van der Waals surface area contributed by atoms with E-state index in [1.165, 1.54) is 12.1 Å². The van der Waals surface area contributed by atoms with Crippen molar-refractivity contribution in [3.05, 3.63) is 52.8 Å². The number of halogens is 1. The fourth-order valence-electron chi connectivity index (χ4n) is 2.08. The van der Waals surface area contributed by atoms with Crippen LogP contribution >= 0.6 is 11.6 Å². The molecule has 0 spiro atoms. The Morgan fingerprint density at radius 1 is 1.32 bits per heavy atom. The van der Waals surface area contributed by atoms with Crippen molar-refractivity contribution < 1.29 is 14.6 Å². The van der Waals surface area contributed by atoms with Crippen LogP contribution in [0.15, 0.2) is 36.5 Å². The monoisotopic (exact) mass is 275 g/mol. The molecule has 5 heteroatoms. The summed E-state index contributed by atoms with van der Waals surface area (Å²) in [6.07, 6.45) is 1.46. The molecule has 1 N–H and O–H groups in total. The molecule has 1 aromatic heterocycles. The molecule has 0 bridgehead atoms. The van der Waals surface area contributed by atoms with E-state index >= 15 is 0 Å². The highest BCUT2D eigenvalue weighted by Gasteiger charge is 2.28. The minimum absolute atomic E-state index is 0.0577. The van der Waals surface area contributed by atoms with Gasteiger partial charge in [0.15, 0.2) is 5.78 Å². The molecule has 0 saturated heterocycles. The van der Waals surface area contributed by atoms with Crippen LogP contribution in [-0.2, 0) is 0 Å². The smallest absolute Gasteiger partial charge is 0.170 e. The molecule has 0 fully saturated rings. The van der Waals surface area contributed by atoms with Gasteiger partial charge in [0.05, 0.1) is 12.0 Å². The van der Waals surface area contributed by atoms with Gasteiger partial charge in [0.1, 0.15) is 22.8 Å². The van der Waals surface area contributed by atoms with E-state index in [-0.39, 0.29) is 24.1 Å². The Bertz CT molecular complexity index is 640. The zero-order chi connectivity index (χ0) is 13.4. The predicted octanol–water partition coefficient (Wildman–Crippen LogP) is 3.15. The summed E-state index contributed by atoms with van der Waals surface area (Å²) in [4.78, 5) is 16.0. The summed E-state index contributed by atoms with van der Waals surface area (Å²) >= 11 is 5.73. The Morgan fingerprint density at radius 2 is 2.16 bits per heavy atom. The van der Waals surface area contributed by atoms with Gasteiger partial charge in [-0.3, -0.25) is 4.79 Å². The first-order valence-electron chi connectivity index (χ1n) is 5.78. The fraction of sp³-hybridized carbons (Fsp3) is 0.143. The van der Waals surface area contributed by atoms with Crippen molar-refractivity contribution in [3.63, 3.8) is 0 Å². The number of pyridine rings is 1. The zero-order valence-corrected chi connectivity index (χ0v) is 10.6. The zero-order valence-electron chi connectivity index (χ0n) is 9.84. The molecule has 1 aliphatic heterocycles. The van der Waals surface area contributed by atoms with Crippen LogP contribution in [0.25, 0.3) is 0 Å². The third-order valence-electron chi connectivity index (χ3n) is 3.03. The van der Waals surface area contributed by atoms with Crippen molar-refractivity contribution in [2.75, 3.05) is 0 Å². The molecule has 4 nitrogen and oxygen atoms in total. The topological polar surface area (TPSA) is 59.4 Å². The van der Waals surface area contributed by atoms with E-state index in [1.807, 2.05) is 0 Å². The molecule has 19 heavy (non-hydrogen) atoms. The normalized spacial score (nSPS) is 17.7. The SMILES string of the molecule is O=C1C[C@@H](c2ccc(Cl)nc2)Oc2ccc(O)cc21. The quantitative estimate of drug-likeness (QED) is 0.812. The van der Waals surface area contributed by atoms with Gasteiger partial charge in [-0.2, -0.15) is 0 Å². The Labute approximate surface area is 114 Å². The Kier molecular flexibility index (Phi) is 2.87. The number of phenols is 1. The van der Waals surface area contributed by atoms with Crippen LogP contribution in [-0.4, -0.2) is 15.9 Å². The average molecular weight is 276 g/mol. The molecule has 0 aliphatic carbocycles. The predicted molar refractivity (Wildman–Crippen MR) is 69.7 cm³/mol. The van der Waals surface area contributed by atoms with Crippen molar-refractivity contribution in [1.29, 1.82) is 0 Å². The number of hydrogen-bond donors (Lipinski definition) is 1. The van der Waals surface area contributed by atoms with E-state index in [1.54, 1.807) is 24.4 Å². The van der Waals surface area contributed by atoms with Crippen LogP contribution in [0.1, 0.15) is 28.4 Å². The standard InChI is InChI=1S/C14H10ClNO3/c15-14-4-1-8(7-16-14)13-6-11(18)10-5-9(17)2-3-12(10)19-13/h1-5,7,13,17H,6H2/t13-/m0/s1. The first-order chi connectivity index (χ1) is 9.13. The lowest BCUT2D eigenvalue weighted by molar-refractivity contribution is 0.0849. The maximum atomic E-state index is 12.1. The largest absolute Gasteiger partial charge is 0.508 e. The van der Waals surface area contributed by atoms with Crippen LogP contribution in [0.4, 0.5) is 0 Å². The van der Waals surface area contributed by atoms with E-state index in [9.17, 15) is 9.90 Å². The number of aromatic nitrogens is 1. The number of aromatic hydroxyl groups is 1. The first kappa shape index (κ1) is 12.0. The summed E-state index contributed by atoms with van der Waals surface area (Å²) in [5.41, 5.74) is 1.22. The number of Topliss-reactive ketones (excluding diaryl/α,β-unsaturated/α-hetero) is 1. The maximum absolute atomic E-state index is 12.1. The number of carbonyl (C=O) groups is 1. The Balaban J connectivity index is 1.95. The summed E-state index contributed by atoms with van der Waals surface area (Å²) < 4.78 is 5.77. The molecule has 1 aromatic carbocycles. The third kappa shape index (κ3) is 2.27.